The van der Waals surface area contributed by atoms with Crippen molar-refractivity contribution >= 4 is 5.97 Å². The maximum Gasteiger partial charge on any atom is 0.307 e. The Balaban J connectivity index is 2.16. The SMILES string of the molecule is COC(=O)CC(C)NCC1(CCO)CC1. The Kier molecular flexibility index (Phi) is 4.54. The van der Waals surface area contributed by atoms with Crippen molar-refractivity contribution in [1.82, 2.24) is 5.32 Å². The summed E-state index contributed by atoms with van der Waals surface area (Å²) >= 11 is 0. The van der Waals surface area contributed by atoms with E-state index in [2.05, 4.69) is 10.1 Å². The lowest BCUT2D eigenvalue weighted by Crippen LogP contribution is -2.34. The summed E-state index contributed by atoms with van der Waals surface area (Å²) in [5.74, 6) is -0.179. The molecule has 0 amide bonds. The number of ether oxygens (including phenoxy) is 1. The molecule has 0 bridgehead atoms. The highest BCUT2D eigenvalue weighted by molar-refractivity contribution is 5.69. The molecule has 0 aromatic carbocycles. The van der Waals surface area contributed by atoms with E-state index in [1.807, 2.05) is 6.92 Å². The molecular weight excluding hydrogens is 194 g/mol. The van der Waals surface area contributed by atoms with Crippen LogP contribution in [0.5, 0.6) is 0 Å². The van der Waals surface area contributed by atoms with Crippen LogP contribution in [0.25, 0.3) is 0 Å². The molecule has 0 heterocycles. The largest absolute Gasteiger partial charge is 0.469 e. The van der Waals surface area contributed by atoms with Gasteiger partial charge in [-0.05, 0) is 31.6 Å². The highest BCUT2D eigenvalue weighted by Gasteiger charge is 2.41. The molecule has 4 heteroatoms. The molecule has 1 fully saturated rings. The van der Waals surface area contributed by atoms with E-state index in [4.69, 9.17) is 5.11 Å². The number of hydrogen-bond acceptors (Lipinski definition) is 4. The van der Waals surface area contributed by atoms with E-state index in [1.165, 1.54) is 20.0 Å². The van der Waals surface area contributed by atoms with E-state index in [0.717, 1.165) is 13.0 Å². The highest BCUT2D eigenvalue weighted by Crippen LogP contribution is 2.47. The summed E-state index contributed by atoms with van der Waals surface area (Å²) in [4.78, 5) is 11.0. The Labute approximate surface area is 91.0 Å². The third-order valence-corrected chi connectivity index (χ3v) is 3.13. The van der Waals surface area contributed by atoms with Crippen LogP contribution in [-0.4, -0.2) is 37.4 Å². The van der Waals surface area contributed by atoms with E-state index in [-0.39, 0.29) is 18.6 Å². The van der Waals surface area contributed by atoms with E-state index in [0.29, 0.717) is 11.8 Å². The molecule has 1 rings (SSSR count). The first-order valence-electron chi connectivity index (χ1n) is 5.53. The molecule has 2 N–H and O–H groups in total. The molecule has 0 aromatic rings. The average molecular weight is 215 g/mol. The van der Waals surface area contributed by atoms with Crippen molar-refractivity contribution in [3.8, 4) is 0 Å². The van der Waals surface area contributed by atoms with E-state index >= 15 is 0 Å². The lowest BCUT2D eigenvalue weighted by Gasteiger charge is -2.18. The first-order valence-corrected chi connectivity index (χ1v) is 5.53. The second-order valence-corrected chi connectivity index (χ2v) is 4.54. The van der Waals surface area contributed by atoms with Crippen LogP contribution in [0.3, 0.4) is 0 Å². The molecule has 0 aliphatic heterocycles. The normalized spacial score (nSPS) is 19.7. The molecule has 1 aliphatic carbocycles. The summed E-state index contributed by atoms with van der Waals surface area (Å²) in [7, 11) is 1.41. The van der Waals surface area contributed by atoms with Crippen LogP contribution >= 0.6 is 0 Å². The van der Waals surface area contributed by atoms with Gasteiger partial charge in [-0.15, -0.1) is 0 Å². The minimum atomic E-state index is -0.179. The topological polar surface area (TPSA) is 58.6 Å². The van der Waals surface area contributed by atoms with Crippen LogP contribution in [0.4, 0.5) is 0 Å². The summed E-state index contributed by atoms with van der Waals surface area (Å²) in [5, 5.41) is 12.2. The second-order valence-electron chi connectivity index (χ2n) is 4.54. The van der Waals surface area contributed by atoms with Crippen LogP contribution in [0.1, 0.15) is 32.6 Å². The molecule has 0 saturated heterocycles. The van der Waals surface area contributed by atoms with Crippen molar-refractivity contribution in [2.75, 3.05) is 20.3 Å². The average Bonchev–Trinajstić information content (AvgIpc) is 2.96. The fourth-order valence-corrected chi connectivity index (χ4v) is 1.73. The zero-order valence-electron chi connectivity index (χ0n) is 9.58. The van der Waals surface area contributed by atoms with Gasteiger partial charge in [-0.2, -0.15) is 0 Å². The Morgan fingerprint density at radius 3 is 2.73 bits per heavy atom. The number of carbonyl (C=O) groups excluding carboxylic acids is 1. The van der Waals surface area contributed by atoms with Gasteiger partial charge in [-0.25, -0.2) is 0 Å². The molecule has 0 spiro atoms. The van der Waals surface area contributed by atoms with Gasteiger partial charge in [0.25, 0.3) is 0 Å². The first-order chi connectivity index (χ1) is 7.12. The maximum atomic E-state index is 11.0. The Bertz CT molecular complexity index is 214. The van der Waals surface area contributed by atoms with Gasteiger partial charge < -0.3 is 15.2 Å². The molecule has 1 aliphatic rings. The van der Waals surface area contributed by atoms with Gasteiger partial charge >= 0.3 is 5.97 Å². The van der Waals surface area contributed by atoms with Gasteiger partial charge in [0.05, 0.1) is 13.5 Å². The summed E-state index contributed by atoms with van der Waals surface area (Å²) in [6.07, 6.45) is 3.65. The molecule has 1 saturated carbocycles. The number of nitrogens with one attached hydrogen (secondary N) is 1. The summed E-state index contributed by atoms with van der Waals surface area (Å²) < 4.78 is 4.60. The standard InChI is InChI=1S/C11H21NO3/c1-9(7-10(14)15-2)12-8-11(3-4-11)5-6-13/h9,12-13H,3-8H2,1-2H3. The van der Waals surface area contributed by atoms with Crippen molar-refractivity contribution < 1.29 is 14.6 Å². The number of aliphatic hydroxyl groups excluding tert-OH is 1. The molecule has 15 heavy (non-hydrogen) atoms. The van der Waals surface area contributed by atoms with Crippen molar-refractivity contribution in [1.29, 1.82) is 0 Å². The highest BCUT2D eigenvalue weighted by atomic mass is 16.5. The second kappa shape index (κ2) is 5.47. The van der Waals surface area contributed by atoms with E-state index in [9.17, 15) is 4.79 Å². The summed E-state index contributed by atoms with van der Waals surface area (Å²) in [5.41, 5.74) is 0.305. The fraction of sp³-hybridized carbons (Fsp3) is 0.909. The smallest absolute Gasteiger partial charge is 0.307 e. The molecule has 88 valence electrons. The van der Waals surface area contributed by atoms with Crippen molar-refractivity contribution in [3.05, 3.63) is 0 Å². The van der Waals surface area contributed by atoms with Gasteiger partial charge in [0.1, 0.15) is 0 Å². The molecule has 0 aromatic heterocycles. The maximum absolute atomic E-state index is 11.0. The predicted octanol–water partition coefficient (Wildman–Crippen LogP) is 0.690. The number of rotatable bonds is 7. The molecule has 0 radical (unpaired) electrons. The Hall–Kier alpha value is -0.610. The zero-order valence-corrected chi connectivity index (χ0v) is 9.58. The van der Waals surface area contributed by atoms with Gasteiger partial charge in [0.2, 0.25) is 0 Å². The minimum absolute atomic E-state index is 0.147. The summed E-state index contributed by atoms with van der Waals surface area (Å²) in [6.45, 7) is 3.13. The number of methoxy groups -OCH3 is 1. The van der Waals surface area contributed by atoms with Crippen LogP contribution in [0.15, 0.2) is 0 Å². The minimum Gasteiger partial charge on any atom is -0.469 e. The van der Waals surface area contributed by atoms with Gasteiger partial charge in [0, 0.05) is 19.2 Å². The van der Waals surface area contributed by atoms with Gasteiger partial charge in [-0.3, -0.25) is 4.79 Å². The lowest BCUT2D eigenvalue weighted by molar-refractivity contribution is -0.141. The quantitative estimate of drug-likeness (QED) is 0.613. The third kappa shape index (κ3) is 4.18. The molecular formula is C11H21NO3. The molecule has 1 unspecified atom stereocenters. The first kappa shape index (κ1) is 12.5. The fourth-order valence-electron chi connectivity index (χ4n) is 1.73. The van der Waals surface area contributed by atoms with Crippen LogP contribution in [-0.2, 0) is 9.53 Å². The van der Waals surface area contributed by atoms with Crippen molar-refractivity contribution in [3.63, 3.8) is 0 Å². The van der Waals surface area contributed by atoms with E-state index in [1.54, 1.807) is 0 Å². The number of carbonyl (C=O) groups is 1. The monoisotopic (exact) mass is 215 g/mol. The molecule has 1 atom stereocenters. The predicted molar refractivity (Wildman–Crippen MR) is 57.5 cm³/mol. The van der Waals surface area contributed by atoms with Gasteiger partial charge in [0.15, 0.2) is 0 Å². The number of hydrogen-bond donors (Lipinski definition) is 2. The Morgan fingerprint density at radius 1 is 1.60 bits per heavy atom. The van der Waals surface area contributed by atoms with Gasteiger partial charge in [-0.1, -0.05) is 0 Å². The number of esters is 1. The van der Waals surface area contributed by atoms with Crippen LogP contribution in [0.2, 0.25) is 0 Å². The van der Waals surface area contributed by atoms with Crippen molar-refractivity contribution in [2.45, 2.75) is 38.6 Å². The van der Waals surface area contributed by atoms with Crippen molar-refractivity contribution in [2.24, 2.45) is 5.41 Å². The number of aliphatic hydroxyl groups is 1. The third-order valence-electron chi connectivity index (χ3n) is 3.13. The van der Waals surface area contributed by atoms with Crippen LogP contribution < -0.4 is 5.32 Å². The lowest BCUT2D eigenvalue weighted by atomic mass is 10.0. The Morgan fingerprint density at radius 2 is 2.27 bits per heavy atom. The zero-order chi connectivity index (χ0) is 11.3. The summed E-state index contributed by atoms with van der Waals surface area (Å²) in [6, 6.07) is 0.147. The molecule has 4 nitrogen and oxygen atoms in total. The van der Waals surface area contributed by atoms with E-state index < -0.39 is 0 Å². The van der Waals surface area contributed by atoms with Crippen LogP contribution in [0, 0.1) is 5.41 Å².